The first-order valence-electron chi connectivity index (χ1n) is 5.94. The van der Waals surface area contributed by atoms with Gasteiger partial charge in [0.25, 0.3) is 0 Å². The Labute approximate surface area is 110 Å². The number of anilines is 1. The zero-order valence-corrected chi connectivity index (χ0v) is 11.5. The Morgan fingerprint density at radius 3 is 2.76 bits per heavy atom. The van der Waals surface area contributed by atoms with Gasteiger partial charge in [-0.2, -0.15) is 0 Å². The number of aliphatic hydroxyl groups excluding tert-OH is 2. The van der Waals surface area contributed by atoms with Crippen LogP contribution in [-0.2, 0) is 6.61 Å². The second kappa shape index (κ2) is 5.38. The topological polar surface area (TPSA) is 43.7 Å². The quantitative estimate of drug-likeness (QED) is 0.899. The van der Waals surface area contributed by atoms with Crippen LogP contribution < -0.4 is 4.90 Å². The van der Waals surface area contributed by atoms with Gasteiger partial charge in [-0.1, -0.05) is 13.0 Å². The lowest BCUT2D eigenvalue weighted by Crippen LogP contribution is -2.35. The van der Waals surface area contributed by atoms with E-state index in [-0.39, 0.29) is 19.3 Å². The van der Waals surface area contributed by atoms with Crippen LogP contribution in [0.1, 0.15) is 18.9 Å². The molecule has 4 heteroatoms. The maximum atomic E-state index is 9.46. The minimum absolute atomic E-state index is 0.0543. The second-order valence-corrected chi connectivity index (χ2v) is 5.51. The van der Waals surface area contributed by atoms with Gasteiger partial charge in [-0.25, -0.2) is 0 Å². The van der Waals surface area contributed by atoms with E-state index in [9.17, 15) is 5.11 Å². The van der Waals surface area contributed by atoms with E-state index in [1.54, 1.807) is 0 Å². The average molecular weight is 300 g/mol. The van der Waals surface area contributed by atoms with Crippen molar-refractivity contribution in [3.05, 3.63) is 28.2 Å². The molecule has 0 amide bonds. The molecule has 0 aliphatic carbocycles. The number of benzene rings is 1. The number of aliphatic hydroxyl groups is 2. The Morgan fingerprint density at radius 1 is 1.41 bits per heavy atom. The first-order chi connectivity index (χ1) is 8.17. The van der Waals surface area contributed by atoms with Gasteiger partial charge in [-0.3, -0.25) is 0 Å². The smallest absolute Gasteiger partial charge is 0.0682 e. The van der Waals surface area contributed by atoms with Crippen LogP contribution >= 0.6 is 15.9 Å². The van der Waals surface area contributed by atoms with E-state index in [1.165, 1.54) is 0 Å². The molecule has 0 saturated carbocycles. The van der Waals surface area contributed by atoms with Crippen molar-refractivity contribution in [1.29, 1.82) is 0 Å². The molecule has 1 aliphatic heterocycles. The molecular formula is C13H18BrNO2. The van der Waals surface area contributed by atoms with Crippen molar-refractivity contribution in [1.82, 2.24) is 0 Å². The lowest BCUT2D eigenvalue weighted by molar-refractivity contribution is 0.244. The van der Waals surface area contributed by atoms with Crippen LogP contribution in [0.4, 0.5) is 5.69 Å². The van der Waals surface area contributed by atoms with Gasteiger partial charge in [0.2, 0.25) is 0 Å². The Morgan fingerprint density at radius 2 is 2.18 bits per heavy atom. The van der Waals surface area contributed by atoms with Crippen LogP contribution in [-0.4, -0.2) is 29.4 Å². The molecular weight excluding hydrogens is 282 g/mol. The summed E-state index contributed by atoms with van der Waals surface area (Å²) in [6.07, 6.45) is 1.11. The SMILES string of the molecule is CC1CCN(c2ccc(CO)cc2Br)C1CO. The molecule has 1 heterocycles. The fourth-order valence-corrected chi connectivity index (χ4v) is 3.12. The second-order valence-electron chi connectivity index (χ2n) is 4.65. The number of halogens is 1. The van der Waals surface area contributed by atoms with Gasteiger partial charge in [0, 0.05) is 11.0 Å². The molecule has 17 heavy (non-hydrogen) atoms. The minimum atomic E-state index is 0.0543. The van der Waals surface area contributed by atoms with Gasteiger partial charge in [0.15, 0.2) is 0 Å². The van der Waals surface area contributed by atoms with Gasteiger partial charge in [0.1, 0.15) is 0 Å². The van der Waals surface area contributed by atoms with E-state index in [2.05, 4.69) is 27.8 Å². The number of hydrogen-bond donors (Lipinski definition) is 2. The lowest BCUT2D eigenvalue weighted by Gasteiger charge is -2.28. The highest BCUT2D eigenvalue weighted by Gasteiger charge is 2.31. The van der Waals surface area contributed by atoms with Gasteiger partial charge in [-0.15, -0.1) is 0 Å². The molecule has 2 rings (SSSR count). The van der Waals surface area contributed by atoms with Crippen molar-refractivity contribution < 1.29 is 10.2 Å². The van der Waals surface area contributed by atoms with Gasteiger partial charge < -0.3 is 15.1 Å². The molecule has 1 aliphatic rings. The molecule has 0 bridgehead atoms. The average Bonchev–Trinajstić information content (AvgIpc) is 2.70. The summed E-state index contributed by atoms with van der Waals surface area (Å²) >= 11 is 3.54. The van der Waals surface area contributed by atoms with Crippen molar-refractivity contribution in [2.45, 2.75) is 26.0 Å². The van der Waals surface area contributed by atoms with Crippen molar-refractivity contribution in [3.63, 3.8) is 0 Å². The number of rotatable bonds is 3. The van der Waals surface area contributed by atoms with Gasteiger partial charge in [-0.05, 0) is 46.0 Å². The van der Waals surface area contributed by atoms with Crippen molar-refractivity contribution in [2.75, 3.05) is 18.1 Å². The van der Waals surface area contributed by atoms with Crippen LogP contribution in [0.3, 0.4) is 0 Å². The van der Waals surface area contributed by atoms with Gasteiger partial charge >= 0.3 is 0 Å². The summed E-state index contributed by atoms with van der Waals surface area (Å²) in [4.78, 5) is 2.25. The monoisotopic (exact) mass is 299 g/mol. The fraction of sp³-hybridized carbons (Fsp3) is 0.538. The fourth-order valence-electron chi connectivity index (χ4n) is 2.47. The zero-order valence-electron chi connectivity index (χ0n) is 9.93. The van der Waals surface area contributed by atoms with Crippen LogP contribution in [0, 0.1) is 5.92 Å². The van der Waals surface area contributed by atoms with Crippen LogP contribution in [0.25, 0.3) is 0 Å². The van der Waals surface area contributed by atoms with Crippen molar-refractivity contribution in [2.24, 2.45) is 5.92 Å². The van der Waals surface area contributed by atoms with E-state index < -0.39 is 0 Å². The molecule has 3 nitrogen and oxygen atoms in total. The third-order valence-corrected chi connectivity index (χ3v) is 4.21. The summed E-state index contributed by atoms with van der Waals surface area (Å²) in [5.41, 5.74) is 2.00. The first kappa shape index (κ1) is 12.9. The van der Waals surface area contributed by atoms with Crippen molar-refractivity contribution in [3.8, 4) is 0 Å². The lowest BCUT2D eigenvalue weighted by atomic mass is 10.0. The third kappa shape index (κ3) is 2.49. The van der Waals surface area contributed by atoms with Crippen LogP contribution in [0.15, 0.2) is 22.7 Å². The molecule has 1 fully saturated rings. The van der Waals surface area contributed by atoms with Crippen LogP contribution in [0.5, 0.6) is 0 Å². The molecule has 0 aromatic heterocycles. The van der Waals surface area contributed by atoms with E-state index >= 15 is 0 Å². The minimum Gasteiger partial charge on any atom is -0.394 e. The predicted molar refractivity (Wildman–Crippen MR) is 72.1 cm³/mol. The molecule has 2 atom stereocenters. The Bertz CT molecular complexity index is 397. The summed E-state index contributed by atoms with van der Waals surface area (Å²) in [5, 5.41) is 18.5. The number of nitrogens with zero attached hydrogens (tertiary/aromatic N) is 1. The highest BCUT2D eigenvalue weighted by Crippen LogP contribution is 2.34. The van der Waals surface area contributed by atoms with E-state index in [0.29, 0.717) is 5.92 Å². The normalized spacial score (nSPS) is 24.4. The van der Waals surface area contributed by atoms with E-state index in [1.807, 2.05) is 18.2 Å². The highest BCUT2D eigenvalue weighted by atomic mass is 79.9. The largest absolute Gasteiger partial charge is 0.394 e. The van der Waals surface area contributed by atoms with Crippen molar-refractivity contribution >= 4 is 21.6 Å². The summed E-state index contributed by atoms with van der Waals surface area (Å²) < 4.78 is 0.983. The van der Waals surface area contributed by atoms with Gasteiger partial charge in [0.05, 0.1) is 24.9 Å². The summed E-state index contributed by atoms with van der Waals surface area (Å²) in [6.45, 7) is 3.40. The molecule has 0 radical (unpaired) electrons. The Kier molecular flexibility index (Phi) is 4.07. The maximum Gasteiger partial charge on any atom is 0.0682 e. The molecule has 1 aromatic carbocycles. The predicted octanol–water partition coefficient (Wildman–Crippen LogP) is 2.15. The number of hydrogen-bond acceptors (Lipinski definition) is 3. The van der Waals surface area contributed by atoms with E-state index in [0.717, 1.165) is 28.7 Å². The van der Waals surface area contributed by atoms with Crippen LogP contribution in [0.2, 0.25) is 0 Å². The molecule has 0 spiro atoms. The molecule has 2 N–H and O–H groups in total. The maximum absolute atomic E-state index is 9.46. The molecule has 1 saturated heterocycles. The first-order valence-corrected chi connectivity index (χ1v) is 6.73. The molecule has 2 unspecified atom stereocenters. The summed E-state index contributed by atoms with van der Waals surface area (Å²) in [7, 11) is 0. The zero-order chi connectivity index (χ0) is 12.4. The molecule has 1 aromatic rings. The Balaban J connectivity index is 2.28. The highest BCUT2D eigenvalue weighted by molar-refractivity contribution is 9.10. The Hall–Kier alpha value is -0.580. The molecule has 94 valence electrons. The summed E-state index contributed by atoms with van der Waals surface area (Å²) in [5.74, 6) is 0.518. The summed E-state index contributed by atoms with van der Waals surface area (Å²) in [6, 6.07) is 6.08. The standard InChI is InChI=1S/C13H18BrNO2/c1-9-4-5-15(13(9)8-17)12-3-2-10(7-16)6-11(12)14/h2-3,6,9,13,16-17H,4-5,7-8H2,1H3. The third-order valence-electron chi connectivity index (χ3n) is 3.57. The van der Waals surface area contributed by atoms with E-state index in [4.69, 9.17) is 5.11 Å².